The van der Waals surface area contributed by atoms with Crippen molar-refractivity contribution in [3.63, 3.8) is 0 Å². The topological polar surface area (TPSA) is 29.6 Å². The summed E-state index contributed by atoms with van der Waals surface area (Å²) in [7, 11) is -1.17. The fourth-order valence-corrected chi connectivity index (χ4v) is 5.88. The van der Waals surface area contributed by atoms with Crippen molar-refractivity contribution in [2.75, 3.05) is 0 Å². The molecular formula is C20H21ClO2S. The Balaban J connectivity index is 1.69. The number of halogens is 1. The van der Waals surface area contributed by atoms with Crippen LogP contribution in [0.3, 0.4) is 0 Å². The van der Waals surface area contributed by atoms with Gasteiger partial charge in [0.2, 0.25) is 0 Å². The van der Waals surface area contributed by atoms with E-state index in [0.717, 1.165) is 23.3 Å². The third-order valence-corrected chi connectivity index (χ3v) is 7.38. The smallest absolute Gasteiger partial charge is 0.181 e. The van der Waals surface area contributed by atoms with E-state index in [1.807, 2.05) is 54.6 Å². The maximum Gasteiger partial charge on any atom is 0.181 e. The fourth-order valence-electron chi connectivity index (χ4n) is 3.92. The minimum absolute atomic E-state index is 0.0982. The Hall–Kier alpha value is -1.16. The van der Waals surface area contributed by atoms with Crippen LogP contribution in [0.1, 0.15) is 43.8 Å². The molecule has 4 heteroatoms. The van der Waals surface area contributed by atoms with E-state index in [-0.39, 0.29) is 6.10 Å². The summed E-state index contributed by atoms with van der Waals surface area (Å²) in [5, 5.41) is 0.715. The molecule has 126 valence electrons. The summed E-state index contributed by atoms with van der Waals surface area (Å²) in [5.41, 5.74) is 1.08. The highest BCUT2D eigenvalue weighted by Gasteiger charge is 2.66. The molecule has 2 nitrogen and oxygen atoms in total. The Labute approximate surface area is 150 Å². The standard InChI is InChI=1S/C20H21ClO2S/c21-17-13-11-15(12-14-17)19-20(23-19,16-7-3-1-4-8-16)24(22)18-9-5-2-6-10-18/h2,5-6,9-14,16,19H,1,3-4,7-8H2. The van der Waals surface area contributed by atoms with Gasteiger partial charge in [-0.25, -0.2) is 0 Å². The molecule has 2 aromatic rings. The van der Waals surface area contributed by atoms with Gasteiger partial charge in [0.25, 0.3) is 0 Å². The summed E-state index contributed by atoms with van der Waals surface area (Å²) in [5.74, 6) is 0.355. The predicted molar refractivity (Wildman–Crippen MR) is 97.4 cm³/mol. The summed E-state index contributed by atoms with van der Waals surface area (Å²) in [4.78, 5) is 0.287. The summed E-state index contributed by atoms with van der Waals surface area (Å²) in [6.07, 6.45) is 5.78. The van der Waals surface area contributed by atoms with Crippen molar-refractivity contribution < 1.29 is 8.95 Å². The molecule has 3 atom stereocenters. The minimum Gasteiger partial charge on any atom is -0.346 e. The molecule has 0 amide bonds. The molecule has 0 aromatic heterocycles. The van der Waals surface area contributed by atoms with Gasteiger partial charge < -0.3 is 4.74 Å². The fraction of sp³-hybridized carbons (Fsp3) is 0.400. The van der Waals surface area contributed by atoms with Crippen molar-refractivity contribution in [3.8, 4) is 0 Å². The second kappa shape index (κ2) is 6.62. The van der Waals surface area contributed by atoms with E-state index in [1.165, 1.54) is 19.3 Å². The maximum atomic E-state index is 13.4. The van der Waals surface area contributed by atoms with Gasteiger partial charge in [-0.2, -0.15) is 0 Å². The molecule has 1 saturated carbocycles. The molecule has 3 unspecified atom stereocenters. The van der Waals surface area contributed by atoms with Crippen LogP contribution in [-0.4, -0.2) is 9.14 Å². The molecule has 4 rings (SSSR count). The van der Waals surface area contributed by atoms with E-state index in [0.29, 0.717) is 10.9 Å². The van der Waals surface area contributed by atoms with Crippen LogP contribution in [0.15, 0.2) is 59.5 Å². The number of epoxide rings is 1. The number of hydrogen-bond donors (Lipinski definition) is 0. The lowest BCUT2D eigenvalue weighted by Crippen LogP contribution is -2.32. The maximum absolute atomic E-state index is 13.4. The molecule has 2 aliphatic rings. The predicted octanol–water partition coefficient (Wildman–Crippen LogP) is 5.50. The van der Waals surface area contributed by atoms with E-state index >= 15 is 0 Å². The summed E-state index contributed by atoms with van der Waals surface area (Å²) in [6, 6.07) is 17.5. The zero-order chi connectivity index (χ0) is 16.6. The SMILES string of the molecule is O=S(c1ccccc1)C1(C2CCCCC2)OC1c1ccc(Cl)cc1. The van der Waals surface area contributed by atoms with Crippen molar-refractivity contribution >= 4 is 22.4 Å². The number of ether oxygens (including phenoxy) is 1. The van der Waals surface area contributed by atoms with E-state index < -0.39 is 15.7 Å². The van der Waals surface area contributed by atoms with Gasteiger partial charge in [0.1, 0.15) is 6.10 Å². The first-order valence-corrected chi connectivity index (χ1v) is 10.1. The molecule has 2 fully saturated rings. The highest BCUT2D eigenvalue weighted by Crippen LogP contribution is 2.60. The van der Waals surface area contributed by atoms with Gasteiger partial charge in [-0.05, 0) is 42.7 Å². The normalized spacial score (nSPS) is 28.5. The molecule has 1 aliphatic heterocycles. The van der Waals surface area contributed by atoms with Gasteiger partial charge in [-0.15, -0.1) is 0 Å². The van der Waals surface area contributed by atoms with Crippen molar-refractivity contribution in [2.45, 2.75) is 48.0 Å². The second-order valence-electron chi connectivity index (χ2n) is 6.69. The Kier molecular flexibility index (Phi) is 4.50. The number of hydrogen-bond acceptors (Lipinski definition) is 2. The Morgan fingerprint density at radius 1 is 0.958 bits per heavy atom. The minimum atomic E-state index is -1.17. The molecule has 0 radical (unpaired) electrons. The molecular weight excluding hydrogens is 340 g/mol. The van der Waals surface area contributed by atoms with Gasteiger partial charge >= 0.3 is 0 Å². The molecule has 1 saturated heterocycles. The van der Waals surface area contributed by atoms with Crippen molar-refractivity contribution in [1.82, 2.24) is 0 Å². The van der Waals surface area contributed by atoms with Crippen molar-refractivity contribution in [1.29, 1.82) is 0 Å². The second-order valence-corrected chi connectivity index (χ2v) is 8.77. The van der Waals surface area contributed by atoms with Gasteiger partial charge in [0, 0.05) is 15.8 Å². The van der Waals surface area contributed by atoms with Crippen LogP contribution in [0.5, 0.6) is 0 Å². The van der Waals surface area contributed by atoms with Gasteiger partial charge in [-0.1, -0.05) is 61.2 Å². The van der Waals surface area contributed by atoms with Crippen LogP contribution < -0.4 is 0 Å². The molecule has 1 aliphatic carbocycles. The highest BCUT2D eigenvalue weighted by atomic mass is 35.5. The first-order chi connectivity index (χ1) is 11.7. The third kappa shape index (κ3) is 2.83. The zero-order valence-electron chi connectivity index (χ0n) is 13.5. The van der Waals surface area contributed by atoms with E-state index in [2.05, 4.69) is 0 Å². The van der Waals surface area contributed by atoms with Crippen LogP contribution in [0.4, 0.5) is 0 Å². The Morgan fingerprint density at radius 2 is 1.62 bits per heavy atom. The number of benzene rings is 2. The van der Waals surface area contributed by atoms with Crippen molar-refractivity contribution in [2.24, 2.45) is 5.92 Å². The van der Waals surface area contributed by atoms with E-state index in [9.17, 15) is 4.21 Å². The molecule has 0 N–H and O–H groups in total. The summed E-state index contributed by atoms with van der Waals surface area (Å²) < 4.78 is 19.7. The molecule has 1 heterocycles. The highest BCUT2D eigenvalue weighted by molar-refractivity contribution is 7.86. The van der Waals surface area contributed by atoms with Crippen LogP contribution in [0.2, 0.25) is 5.02 Å². The van der Waals surface area contributed by atoms with Crippen LogP contribution in [0.25, 0.3) is 0 Å². The zero-order valence-corrected chi connectivity index (χ0v) is 15.1. The third-order valence-electron chi connectivity index (χ3n) is 5.20. The monoisotopic (exact) mass is 360 g/mol. The van der Waals surface area contributed by atoms with Crippen LogP contribution in [0, 0.1) is 5.92 Å². The van der Waals surface area contributed by atoms with Gasteiger partial charge in [0.05, 0.1) is 10.8 Å². The van der Waals surface area contributed by atoms with Crippen LogP contribution in [-0.2, 0) is 15.5 Å². The summed E-state index contributed by atoms with van der Waals surface area (Å²) >= 11 is 6.01. The first kappa shape index (κ1) is 16.3. The van der Waals surface area contributed by atoms with Gasteiger partial charge in [0.15, 0.2) is 4.93 Å². The quantitative estimate of drug-likeness (QED) is 0.674. The molecule has 0 bridgehead atoms. The van der Waals surface area contributed by atoms with E-state index in [4.69, 9.17) is 16.3 Å². The molecule has 24 heavy (non-hydrogen) atoms. The first-order valence-electron chi connectivity index (χ1n) is 8.62. The Morgan fingerprint density at radius 3 is 2.29 bits per heavy atom. The molecule has 2 aromatic carbocycles. The van der Waals surface area contributed by atoms with Crippen molar-refractivity contribution in [3.05, 3.63) is 65.2 Å². The number of rotatable bonds is 4. The van der Waals surface area contributed by atoms with Gasteiger partial charge in [-0.3, -0.25) is 4.21 Å². The average molecular weight is 361 g/mol. The average Bonchev–Trinajstić information content (AvgIpc) is 3.40. The lowest BCUT2D eigenvalue weighted by molar-refractivity contribution is 0.236. The van der Waals surface area contributed by atoms with Crippen LogP contribution >= 0.6 is 11.6 Å². The largest absolute Gasteiger partial charge is 0.346 e. The lowest BCUT2D eigenvalue weighted by atomic mass is 9.84. The Bertz CT molecular complexity index is 725. The molecule has 0 spiro atoms. The van der Waals surface area contributed by atoms with E-state index in [1.54, 1.807) is 0 Å². The summed E-state index contributed by atoms with van der Waals surface area (Å²) in [6.45, 7) is 0. The lowest BCUT2D eigenvalue weighted by Gasteiger charge is -2.28.